The van der Waals surface area contributed by atoms with E-state index >= 15 is 0 Å². The van der Waals surface area contributed by atoms with Crippen molar-refractivity contribution in [2.45, 2.75) is 13.8 Å². The molecule has 74 valence electrons. The number of rotatable bonds is 2. The standard InChI is InChI=1S/C10H10FNO2/c1-6-3-9(12-7(2)14)4-8(5-13)10(6)11/h3-5H,1-2H3,(H,12,14). The largest absolute Gasteiger partial charge is 0.326 e. The van der Waals surface area contributed by atoms with Crippen molar-refractivity contribution in [1.82, 2.24) is 0 Å². The molecule has 1 amide bonds. The lowest BCUT2D eigenvalue weighted by atomic mass is 10.1. The van der Waals surface area contributed by atoms with Crippen molar-refractivity contribution >= 4 is 17.9 Å². The van der Waals surface area contributed by atoms with Crippen molar-refractivity contribution in [3.8, 4) is 0 Å². The van der Waals surface area contributed by atoms with E-state index in [0.29, 0.717) is 17.5 Å². The summed E-state index contributed by atoms with van der Waals surface area (Å²) in [5, 5.41) is 2.48. The Bertz CT molecular complexity index is 388. The van der Waals surface area contributed by atoms with Crippen LogP contribution in [0, 0.1) is 12.7 Å². The van der Waals surface area contributed by atoms with Gasteiger partial charge in [-0.2, -0.15) is 0 Å². The molecule has 0 spiro atoms. The van der Waals surface area contributed by atoms with E-state index < -0.39 is 5.82 Å². The first-order valence-electron chi connectivity index (χ1n) is 4.07. The Balaban J connectivity index is 3.15. The second-order valence-electron chi connectivity index (χ2n) is 3.00. The number of carbonyl (C=O) groups is 2. The second-order valence-corrected chi connectivity index (χ2v) is 3.00. The quantitative estimate of drug-likeness (QED) is 0.732. The molecule has 0 aliphatic heterocycles. The Labute approximate surface area is 80.9 Å². The summed E-state index contributed by atoms with van der Waals surface area (Å²) >= 11 is 0. The van der Waals surface area contributed by atoms with Crippen LogP contribution in [0.4, 0.5) is 10.1 Å². The first kappa shape index (κ1) is 10.4. The van der Waals surface area contributed by atoms with Crippen molar-refractivity contribution in [3.05, 3.63) is 29.1 Å². The molecular formula is C10H10FNO2. The Morgan fingerprint density at radius 1 is 1.50 bits per heavy atom. The number of carbonyl (C=O) groups excluding carboxylic acids is 2. The Morgan fingerprint density at radius 3 is 2.64 bits per heavy atom. The summed E-state index contributed by atoms with van der Waals surface area (Å²) in [5.41, 5.74) is 0.714. The highest BCUT2D eigenvalue weighted by Gasteiger charge is 2.07. The van der Waals surface area contributed by atoms with Crippen LogP contribution in [0.3, 0.4) is 0 Å². The van der Waals surface area contributed by atoms with Gasteiger partial charge in [-0.3, -0.25) is 9.59 Å². The number of aryl methyl sites for hydroxylation is 1. The monoisotopic (exact) mass is 195 g/mol. The van der Waals surface area contributed by atoms with E-state index in [2.05, 4.69) is 5.32 Å². The number of nitrogens with one attached hydrogen (secondary N) is 1. The molecular weight excluding hydrogens is 185 g/mol. The van der Waals surface area contributed by atoms with Gasteiger partial charge in [-0.15, -0.1) is 0 Å². The molecule has 0 aliphatic carbocycles. The topological polar surface area (TPSA) is 46.2 Å². The van der Waals surface area contributed by atoms with Gasteiger partial charge >= 0.3 is 0 Å². The van der Waals surface area contributed by atoms with E-state index in [9.17, 15) is 14.0 Å². The fourth-order valence-corrected chi connectivity index (χ4v) is 1.16. The third-order valence-electron chi connectivity index (χ3n) is 1.73. The van der Waals surface area contributed by atoms with Gasteiger partial charge in [0.25, 0.3) is 0 Å². The van der Waals surface area contributed by atoms with Crippen LogP contribution in [0.15, 0.2) is 12.1 Å². The molecule has 3 nitrogen and oxygen atoms in total. The zero-order valence-electron chi connectivity index (χ0n) is 7.93. The fraction of sp³-hybridized carbons (Fsp3) is 0.200. The molecule has 0 atom stereocenters. The van der Waals surface area contributed by atoms with Crippen LogP contribution in [0.25, 0.3) is 0 Å². The summed E-state index contributed by atoms with van der Waals surface area (Å²) in [4.78, 5) is 21.2. The summed E-state index contributed by atoms with van der Waals surface area (Å²) in [5.74, 6) is -0.804. The molecule has 4 heteroatoms. The van der Waals surface area contributed by atoms with Crippen LogP contribution < -0.4 is 5.32 Å². The highest BCUT2D eigenvalue weighted by molar-refractivity contribution is 5.90. The van der Waals surface area contributed by atoms with Gasteiger partial charge in [0.05, 0.1) is 5.56 Å². The molecule has 0 radical (unpaired) electrons. The van der Waals surface area contributed by atoms with Crippen molar-refractivity contribution in [3.63, 3.8) is 0 Å². The number of anilines is 1. The average Bonchev–Trinajstić information content (AvgIpc) is 2.10. The normalized spacial score (nSPS) is 9.64. The maximum atomic E-state index is 13.2. The Hall–Kier alpha value is -1.71. The van der Waals surface area contributed by atoms with Gasteiger partial charge in [-0.25, -0.2) is 4.39 Å². The van der Waals surface area contributed by atoms with E-state index in [1.165, 1.54) is 26.0 Å². The lowest BCUT2D eigenvalue weighted by Gasteiger charge is -2.05. The molecule has 0 aliphatic rings. The van der Waals surface area contributed by atoms with E-state index in [0.717, 1.165) is 0 Å². The number of amides is 1. The van der Waals surface area contributed by atoms with Crippen molar-refractivity contribution in [2.75, 3.05) is 5.32 Å². The number of aldehydes is 1. The molecule has 0 fully saturated rings. The van der Waals surface area contributed by atoms with Crippen LogP contribution in [-0.2, 0) is 4.79 Å². The Morgan fingerprint density at radius 2 is 2.14 bits per heavy atom. The van der Waals surface area contributed by atoms with Crippen LogP contribution in [0.5, 0.6) is 0 Å². The van der Waals surface area contributed by atoms with Crippen LogP contribution in [0.1, 0.15) is 22.8 Å². The van der Waals surface area contributed by atoms with Gasteiger partial charge < -0.3 is 5.32 Å². The lowest BCUT2D eigenvalue weighted by molar-refractivity contribution is -0.114. The smallest absolute Gasteiger partial charge is 0.221 e. The summed E-state index contributed by atoms with van der Waals surface area (Å²) < 4.78 is 13.2. The van der Waals surface area contributed by atoms with Gasteiger partial charge in [0.15, 0.2) is 6.29 Å². The third kappa shape index (κ3) is 2.16. The van der Waals surface area contributed by atoms with Crippen LogP contribution in [0.2, 0.25) is 0 Å². The molecule has 0 saturated heterocycles. The molecule has 0 unspecified atom stereocenters. The average molecular weight is 195 g/mol. The van der Waals surface area contributed by atoms with Crippen molar-refractivity contribution in [2.24, 2.45) is 0 Å². The molecule has 1 aromatic rings. The zero-order valence-corrected chi connectivity index (χ0v) is 7.93. The molecule has 0 saturated carbocycles. The molecule has 1 rings (SSSR count). The SMILES string of the molecule is CC(=O)Nc1cc(C)c(F)c(C=O)c1. The van der Waals surface area contributed by atoms with Gasteiger partial charge in [0, 0.05) is 12.6 Å². The van der Waals surface area contributed by atoms with E-state index in [-0.39, 0.29) is 11.5 Å². The number of halogens is 1. The molecule has 1 aromatic carbocycles. The second kappa shape index (κ2) is 4.00. The van der Waals surface area contributed by atoms with E-state index in [4.69, 9.17) is 0 Å². The van der Waals surface area contributed by atoms with Crippen LogP contribution >= 0.6 is 0 Å². The number of benzene rings is 1. The van der Waals surface area contributed by atoms with Gasteiger partial charge in [-0.05, 0) is 24.6 Å². The predicted molar refractivity (Wildman–Crippen MR) is 50.8 cm³/mol. The molecule has 1 N–H and O–H groups in total. The minimum absolute atomic E-state index is 0.0475. The van der Waals surface area contributed by atoms with E-state index in [1.54, 1.807) is 0 Å². The van der Waals surface area contributed by atoms with Crippen molar-refractivity contribution in [1.29, 1.82) is 0 Å². The van der Waals surface area contributed by atoms with Gasteiger partial charge in [0.1, 0.15) is 5.82 Å². The van der Waals surface area contributed by atoms with Gasteiger partial charge in [-0.1, -0.05) is 0 Å². The summed E-state index contributed by atoms with van der Waals surface area (Å²) in [6, 6.07) is 2.78. The van der Waals surface area contributed by atoms with Crippen LogP contribution in [-0.4, -0.2) is 12.2 Å². The maximum absolute atomic E-state index is 13.2. The predicted octanol–water partition coefficient (Wildman–Crippen LogP) is 1.91. The third-order valence-corrected chi connectivity index (χ3v) is 1.73. The highest BCUT2D eigenvalue weighted by atomic mass is 19.1. The summed E-state index contributed by atoms with van der Waals surface area (Å²) in [6.07, 6.45) is 0.424. The number of hydrogen-bond acceptors (Lipinski definition) is 2. The molecule has 0 heterocycles. The van der Waals surface area contributed by atoms with Gasteiger partial charge in [0.2, 0.25) is 5.91 Å². The molecule has 0 aromatic heterocycles. The number of hydrogen-bond donors (Lipinski definition) is 1. The first-order valence-corrected chi connectivity index (χ1v) is 4.07. The maximum Gasteiger partial charge on any atom is 0.221 e. The fourth-order valence-electron chi connectivity index (χ4n) is 1.16. The minimum Gasteiger partial charge on any atom is -0.326 e. The minimum atomic E-state index is -0.547. The van der Waals surface area contributed by atoms with Crippen molar-refractivity contribution < 1.29 is 14.0 Å². The summed E-state index contributed by atoms with van der Waals surface area (Å²) in [7, 11) is 0. The molecule has 14 heavy (non-hydrogen) atoms. The summed E-state index contributed by atoms with van der Waals surface area (Å²) in [6.45, 7) is 2.88. The first-order chi connectivity index (χ1) is 6.54. The highest BCUT2D eigenvalue weighted by Crippen LogP contribution is 2.17. The zero-order chi connectivity index (χ0) is 10.7. The van der Waals surface area contributed by atoms with E-state index in [1.807, 2.05) is 0 Å². The molecule has 0 bridgehead atoms. The Kier molecular flexibility index (Phi) is 2.96. The lowest BCUT2D eigenvalue weighted by Crippen LogP contribution is -2.07.